The minimum absolute atomic E-state index is 0.0378. The molecule has 0 N–H and O–H groups in total. The molecule has 5 nitrogen and oxygen atoms in total. The SMILES string of the molecule is CCc1ncc(C(=O)N2CCC(c3ccncc3)CC2)cn1. The molecule has 1 fully saturated rings. The van der Waals surface area contributed by atoms with E-state index in [-0.39, 0.29) is 5.91 Å². The largest absolute Gasteiger partial charge is 0.339 e. The molecule has 3 rings (SSSR count). The Hall–Kier alpha value is -2.30. The first-order valence-corrected chi connectivity index (χ1v) is 7.78. The molecule has 0 atom stereocenters. The van der Waals surface area contributed by atoms with Gasteiger partial charge in [-0.2, -0.15) is 0 Å². The van der Waals surface area contributed by atoms with E-state index >= 15 is 0 Å². The van der Waals surface area contributed by atoms with Crippen LogP contribution in [0.4, 0.5) is 0 Å². The summed E-state index contributed by atoms with van der Waals surface area (Å²) in [5, 5.41) is 0. The average Bonchev–Trinajstić information content (AvgIpc) is 2.62. The third kappa shape index (κ3) is 3.13. The smallest absolute Gasteiger partial charge is 0.256 e. The first kappa shape index (κ1) is 14.6. The van der Waals surface area contributed by atoms with Gasteiger partial charge in [-0.25, -0.2) is 9.97 Å². The molecule has 22 heavy (non-hydrogen) atoms. The Bertz CT molecular complexity index is 619. The Labute approximate surface area is 130 Å². The molecule has 0 aromatic carbocycles. The van der Waals surface area contributed by atoms with E-state index in [0.717, 1.165) is 38.2 Å². The molecule has 0 saturated carbocycles. The van der Waals surface area contributed by atoms with E-state index in [1.807, 2.05) is 24.2 Å². The summed E-state index contributed by atoms with van der Waals surface area (Å²) in [4.78, 5) is 26.9. The number of piperidine rings is 1. The molecule has 2 aromatic heterocycles. The van der Waals surface area contributed by atoms with Crippen molar-refractivity contribution < 1.29 is 4.79 Å². The molecule has 0 unspecified atom stereocenters. The summed E-state index contributed by atoms with van der Waals surface area (Å²) in [5.41, 5.74) is 1.90. The van der Waals surface area contributed by atoms with E-state index < -0.39 is 0 Å². The molecular weight excluding hydrogens is 276 g/mol. The number of carbonyl (C=O) groups is 1. The van der Waals surface area contributed by atoms with E-state index in [0.29, 0.717) is 11.5 Å². The van der Waals surface area contributed by atoms with Crippen molar-refractivity contribution in [3.05, 3.63) is 53.9 Å². The molecule has 0 aliphatic carbocycles. The normalized spacial score (nSPS) is 15.8. The highest BCUT2D eigenvalue weighted by atomic mass is 16.2. The van der Waals surface area contributed by atoms with Crippen LogP contribution in [0.5, 0.6) is 0 Å². The van der Waals surface area contributed by atoms with Gasteiger partial charge >= 0.3 is 0 Å². The Balaban J connectivity index is 1.62. The second-order valence-corrected chi connectivity index (χ2v) is 5.59. The number of rotatable bonds is 3. The van der Waals surface area contributed by atoms with Crippen LogP contribution in [0, 0.1) is 0 Å². The van der Waals surface area contributed by atoms with E-state index in [4.69, 9.17) is 0 Å². The quantitative estimate of drug-likeness (QED) is 0.873. The van der Waals surface area contributed by atoms with Crippen molar-refractivity contribution >= 4 is 5.91 Å². The summed E-state index contributed by atoms with van der Waals surface area (Å²) in [6.07, 6.45) is 9.71. The van der Waals surface area contributed by atoms with Crippen molar-refractivity contribution in [1.82, 2.24) is 19.9 Å². The molecule has 1 amide bonds. The lowest BCUT2D eigenvalue weighted by molar-refractivity contribution is 0.0712. The minimum Gasteiger partial charge on any atom is -0.339 e. The number of amides is 1. The standard InChI is InChI=1S/C17H20N4O/c1-2-16-19-11-15(12-20-16)17(22)21-9-5-14(6-10-21)13-3-7-18-8-4-13/h3-4,7-8,11-12,14H,2,5-6,9-10H2,1H3. The summed E-state index contributed by atoms with van der Waals surface area (Å²) < 4.78 is 0. The number of aromatic nitrogens is 3. The molecule has 0 spiro atoms. The van der Waals surface area contributed by atoms with Crippen molar-refractivity contribution in [3.63, 3.8) is 0 Å². The van der Waals surface area contributed by atoms with Crippen LogP contribution in [0.1, 0.15) is 47.4 Å². The maximum atomic E-state index is 12.5. The maximum Gasteiger partial charge on any atom is 0.256 e. The van der Waals surface area contributed by atoms with Gasteiger partial charge in [0.15, 0.2) is 0 Å². The lowest BCUT2D eigenvalue weighted by Gasteiger charge is -2.32. The van der Waals surface area contributed by atoms with E-state index in [9.17, 15) is 4.79 Å². The summed E-state index contributed by atoms with van der Waals surface area (Å²) in [5.74, 6) is 1.33. The van der Waals surface area contributed by atoms with Gasteiger partial charge in [-0.05, 0) is 36.5 Å². The van der Waals surface area contributed by atoms with E-state index in [1.165, 1.54) is 5.56 Å². The number of likely N-dealkylation sites (tertiary alicyclic amines) is 1. The molecule has 1 aliphatic heterocycles. The lowest BCUT2D eigenvalue weighted by Crippen LogP contribution is -2.38. The number of hydrogen-bond donors (Lipinski definition) is 0. The van der Waals surface area contributed by atoms with E-state index in [1.54, 1.807) is 12.4 Å². The van der Waals surface area contributed by atoms with Gasteiger partial charge in [0, 0.05) is 44.3 Å². The van der Waals surface area contributed by atoms with Crippen molar-refractivity contribution in [3.8, 4) is 0 Å². The molecule has 1 saturated heterocycles. The van der Waals surface area contributed by atoms with Gasteiger partial charge in [0.1, 0.15) is 5.82 Å². The zero-order valence-electron chi connectivity index (χ0n) is 12.8. The highest BCUT2D eigenvalue weighted by Crippen LogP contribution is 2.28. The predicted octanol–water partition coefficient (Wildman–Crippen LogP) is 2.45. The zero-order chi connectivity index (χ0) is 15.4. The molecule has 3 heterocycles. The molecule has 5 heteroatoms. The van der Waals surface area contributed by atoms with Crippen LogP contribution in [-0.2, 0) is 6.42 Å². The highest BCUT2D eigenvalue weighted by molar-refractivity contribution is 5.93. The summed E-state index contributed by atoms with van der Waals surface area (Å²) in [7, 11) is 0. The summed E-state index contributed by atoms with van der Waals surface area (Å²) in [6.45, 7) is 3.56. The lowest BCUT2D eigenvalue weighted by atomic mass is 9.90. The molecular formula is C17H20N4O. The second-order valence-electron chi connectivity index (χ2n) is 5.59. The van der Waals surface area contributed by atoms with Gasteiger partial charge in [0.2, 0.25) is 0 Å². The van der Waals surface area contributed by atoms with Gasteiger partial charge in [0.05, 0.1) is 5.56 Å². The second kappa shape index (κ2) is 6.64. The number of carbonyl (C=O) groups excluding carboxylic acids is 1. The topological polar surface area (TPSA) is 59.0 Å². The molecule has 1 aliphatic rings. The van der Waals surface area contributed by atoms with Crippen LogP contribution >= 0.6 is 0 Å². The van der Waals surface area contributed by atoms with Crippen LogP contribution in [0.15, 0.2) is 36.9 Å². The fraction of sp³-hybridized carbons (Fsp3) is 0.412. The van der Waals surface area contributed by atoms with Crippen molar-refractivity contribution in [2.24, 2.45) is 0 Å². The van der Waals surface area contributed by atoms with Gasteiger partial charge in [-0.1, -0.05) is 6.92 Å². The van der Waals surface area contributed by atoms with Crippen molar-refractivity contribution in [2.75, 3.05) is 13.1 Å². The molecule has 0 bridgehead atoms. The van der Waals surface area contributed by atoms with Crippen molar-refractivity contribution in [2.45, 2.75) is 32.1 Å². The number of hydrogen-bond acceptors (Lipinski definition) is 4. The van der Waals surface area contributed by atoms with Crippen LogP contribution in [-0.4, -0.2) is 38.8 Å². The number of pyridine rings is 1. The van der Waals surface area contributed by atoms with E-state index in [2.05, 4.69) is 27.1 Å². The van der Waals surface area contributed by atoms with Crippen LogP contribution in [0.3, 0.4) is 0 Å². The van der Waals surface area contributed by atoms with Gasteiger partial charge in [0.25, 0.3) is 5.91 Å². The van der Waals surface area contributed by atoms with Crippen molar-refractivity contribution in [1.29, 1.82) is 0 Å². The third-order valence-electron chi connectivity index (χ3n) is 4.23. The molecule has 2 aromatic rings. The highest BCUT2D eigenvalue weighted by Gasteiger charge is 2.24. The Kier molecular flexibility index (Phi) is 4.42. The Morgan fingerprint density at radius 3 is 2.41 bits per heavy atom. The molecule has 114 valence electrons. The van der Waals surface area contributed by atoms with Crippen LogP contribution < -0.4 is 0 Å². The fourth-order valence-electron chi connectivity index (χ4n) is 2.88. The fourth-order valence-corrected chi connectivity index (χ4v) is 2.88. The average molecular weight is 296 g/mol. The summed E-state index contributed by atoms with van der Waals surface area (Å²) in [6, 6.07) is 4.14. The zero-order valence-corrected chi connectivity index (χ0v) is 12.8. The first-order chi connectivity index (χ1) is 10.8. The number of aryl methyl sites for hydroxylation is 1. The van der Waals surface area contributed by atoms with Crippen LogP contribution in [0.25, 0.3) is 0 Å². The number of nitrogens with zero attached hydrogens (tertiary/aromatic N) is 4. The van der Waals surface area contributed by atoms with Gasteiger partial charge in [-0.3, -0.25) is 9.78 Å². The monoisotopic (exact) mass is 296 g/mol. The van der Waals surface area contributed by atoms with Gasteiger partial charge < -0.3 is 4.90 Å². The molecule has 0 radical (unpaired) electrons. The Morgan fingerprint density at radius 2 is 1.82 bits per heavy atom. The maximum absolute atomic E-state index is 12.5. The van der Waals surface area contributed by atoms with Gasteiger partial charge in [-0.15, -0.1) is 0 Å². The first-order valence-electron chi connectivity index (χ1n) is 7.78. The third-order valence-corrected chi connectivity index (χ3v) is 4.23. The Morgan fingerprint density at radius 1 is 1.18 bits per heavy atom. The van der Waals surface area contributed by atoms with Crippen LogP contribution in [0.2, 0.25) is 0 Å². The minimum atomic E-state index is 0.0378. The summed E-state index contributed by atoms with van der Waals surface area (Å²) >= 11 is 0. The predicted molar refractivity (Wildman–Crippen MR) is 83.5 cm³/mol.